The van der Waals surface area contributed by atoms with Crippen molar-refractivity contribution in [2.24, 2.45) is 5.92 Å². The molecule has 1 amide bonds. The third kappa shape index (κ3) is 3.50. The van der Waals surface area contributed by atoms with Gasteiger partial charge in [0.05, 0.1) is 6.04 Å². The predicted molar refractivity (Wildman–Crippen MR) is 105 cm³/mol. The van der Waals surface area contributed by atoms with Crippen molar-refractivity contribution in [2.75, 3.05) is 0 Å². The van der Waals surface area contributed by atoms with Crippen molar-refractivity contribution in [2.45, 2.75) is 25.3 Å². The molecule has 3 atom stereocenters. The van der Waals surface area contributed by atoms with E-state index in [2.05, 4.69) is 24.4 Å². The summed E-state index contributed by atoms with van der Waals surface area (Å²) in [5, 5.41) is 3.22. The summed E-state index contributed by atoms with van der Waals surface area (Å²) in [5.41, 5.74) is 4.05. The van der Waals surface area contributed by atoms with Crippen LogP contribution in [0.1, 0.15) is 45.9 Å². The van der Waals surface area contributed by atoms with Crippen LogP contribution in [-0.2, 0) is 6.42 Å². The lowest BCUT2D eigenvalue weighted by Gasteiger charge is -2.23. The number of benzene rings is 3. The van der Waals surface area contributed by atoms with E-state index >= 15 is 0 Å². The van der Waals surface area contributed by atoms with Crippen molar-refractivity contribution in [3.8, 4) is 0 Å². The average molecular weight is 359 g/mol. The van der Waals surface area contributed by atoms with Crippen LogP contribution in [0.5, 0.6) is 0 Å². The maximum Gasteiger partial charge on any atom is 0.251 e. The Kier molecular flexibility index (Phi) is 4.76. The molecule has 2 nitrogen and oxygen atoms in total. The fraction of sp³-hybridized carbons (Fsp3) is 0.208. The van der Waals surface area contributed by atoms with Crippen LogP contribution in [-0.4, -0.2) is 5.91 Å². The second kappa shape index (κ2) is 7.36. The van der Waals surface area contributed by atoms with Gasteiger partial charge in [0, 0.05) is 5.56 Å². The molecule has 0 fully saturated rings. The number of hydrogen-bond donors (Lipinski definition) is 1. The SMILES string of the molecule is CC1[C@H](NC(=O)c2ccccc2)c2ccccc2[C@@H]1Cc1cccc(F)c1. The molecule has 0 aromatic heterocycles. The van der Waals surface area contributed by atoms with Crippen LogP contribution in [0.25, 0.3) is 0 Å². The normalized spacial score (nSPS) is 20.9. The van der Waals surface area contributed by atoms with E-state index in [1.54, 1.807) is 12.1 Å². The lowest BCUT2D eigenvalue weighted by atomic mass is 9.86. The molecular weight excluding hydrogens is 337 g/mol. The van der Waals surface area contributed by atoms with Crippen LogP contribution < -0.4 is 5.32 Å². The Bertz CT molecular complexity index is 953. The molecule has 27 heavy (non-hydrogen) atoms. The van der Waals surface area contributed by atoms with E-state index in [4.69, 9.17) is 0 Å². The van der Waals surface area contributed by atoms with E-state index in [0.717, 1.165) is 17.5 Å². The number of amides is 1. The van der Waals surface area contributed by atoms with Crippen LogP contribution in [0.2, 0.25) is 0 Å². The van der Waals surface area contributed by atoms with E-state index in [-0.39, 0.29) is 29.6 Å². The Morgan fingerprint density at radius 2 is 1.63 bits per heavy atom. The Balaban J connectivity index is 1.61. The zero-order valence-electron chi connectivity index (χ0n) is 15.2. The monoisotopic (exact) mass is 359 g/mol. The van der Waals surface area contributed by atoms with Crippen molar-refractivity contribution in [3.63, 3.8) is 0 Å². The minimum Gasteiger partial charge on any atom is -0.345 e. The van der Waals surface area contributed by atoms with Crippen LogP contribution in [0, 0.1) is 11.7 Å². The van der Waals surface area contributed by atoms with Gasteiger partial charge in [-0.25, -0.2) is 4.39 Å². The van der Waals surface area contributed by atoms with Gasteiger partial charge in [-0.05, 0) is 59.2 Å². The number of carbonyl (C=O) groups is 1. The van der Waals surface area contributed by atoms with E-state index in [1.807, 2.05) is 48.5 Å². The summed E-state index contributed by atoms with van der Waals surface area (Å²) < 4.78 is 13.6. The molecule has 1 aliphatic carbocycles. The van der Waals surface area contributed by atoms with Crippen LogP contribution in [0.15, 0.2) is 78.9 Å². The van der Waals surface area contributed by atoms with Gasteiger partial charge < -0.3 is 5.32 Å². The van der Waals surface area contributed by atoms with Gasteiger partial charge >= 0.3 is 0 Å². The fourth-order valence-electron chi connectivity index (χ4n) is 4.17. The van der Waals surface area contributed by atoms with Gasteiger partial charge in [-0.2, -0.15) is 0 Å². The zero-order chi connectivity index (χ0) is 18.8. The maximum atomic E-state index is 13.6. The molecule has 0 spiro atoms. The first-order valence-electron chi connectivity index (χ1n) is 9.32. The summed E-state index contributed by atoms with van der Waals surface area (Å²) in [6.07, 6.45) is 0.758. The molecule has 3 aromatic carbocycles. The summed E-state index contributed by atoms with van der Waals surface area (Å²) in [6, 6.07) is 24.3. The van der Waals surface area contributed by atoms with Crippen molar-refractivity contribution >= 4 is 5.91 Å². The lowest BCUT2D eigenvalue weighted by molar-refractivity contribution is 0.0924. The molecule has 1 N–H and O–H groups in total. The second-order valence-electron chi connectivity index (χ2n) is 7.25. The van der Waals surface area contributed by atoms with Crippen LogP contribution >= 0.6 is 0 Å². The van der Waals surface area contributed by atoms with Crippen molar-refractivity contribution in [1.29, 1.82) is 0 Å². The fourth-order valence-corrected chi connectivity index (χ4v) is 4.17. The molecule has 3 heteroatoms. The zero-order valence-corrected chi connectivity index (χ0v) is 15.2. The summed E-state index contributed by atoms with van der Waals surface area (Å²) in [5.74, 6) is 0.191. The van der Waals surface area contributed by atoms with E-state index in [9.17, 15) is 9.18 Å². The van der Waals surface area contributed by atoms with Crippen molar-refractivity contribution < 1.29 is 9.18 Å². The van der Waals surface area contributed by atoms with Crippen molar-refractivity contribution in [3.05, 3.63) is 107 Å². The quantitative estimate of drug-likeness (QED) is 0.675. The molecule has 1 aliphatic rings. The van der Waals surface area contributed by atoms with Gasteiger partial charge in [0.15, 0.2) is 0 Å². The number of halogens is 1. The number of rotatable bonds is 4. The van der Waals surface area contributed by atoms with E-state index in [1.165, 1.54) is 11.6 Å². The first-order chi connectivity index (χ1) is 13.1. The number of hydrogen-bond acceptors (Lipinski definition) is 1. The third-order valence-corrected chi connectivity index (χ3v) is 5.56. The molecule has 0 heterocycles. The minimum absolute atomic E-state index is 0.0486. The Labute approximate surface area is 159 Å². The van der Waals surface area contributed by atoms with Gasteiger partial charge in [-0.1, -0.05) is 61.5 Å². The summed E-state index contributed by atoms with van der Waals surface area (Å²) in [6.45, 7) is 2.17. The summed E-state index contributed by atoms with van der Waals surface area (Å²) in [4.78, 5) is 12.7. The summed E-state index contributed by atoms with van der Waals surface area (Å²) >= 11 is 0. The van der Waals surface area contributed by atoms with Crippen molar-refractivity contribution in [1.82, 2.24) is 5.32 Å². The molecule has 4 rings (SSSR count). The molecule has 0 saturated carbocycles. The summed E-state index contributed by atoms with van der Waals surface area (Å²) in [7, 11) is 0. The highest BCUT2D eigenvalue weighted by atomic mass is 19.1. The molecule has 0 bridgehead atoms. The lowest BCUT2D eigenvalue weighted by Crippen LogP contribution is -2.31. The third-order valence-electron chi connectivity index (χ3n) is 5.56. The Hall–Kier alpha value is -2.94. The second-order valence-corrected chi connectivity index (χ2v) is 7.25. The van der Waals surface area contributed by atoms with Gasteiger partial charge in [0.2, 0.25) is 0 Å². The number of fused-ring (bicyclic) bond motifs is 1. The average Bonchev–Trinajstić information content (AvgIpc) is 2.95. The topological polar surface area (TPSA) is 29.1 Å². The number of carbonyl (C=O) groups excluding carboxylic acids is 1. The van der Waals surface area contributed by atoms with Gasteiger partial charge in [0.1, 0.15) is 5.82 Å². The standard InChI is InChI=1S/C24H22FNO/c1-16-22(15-17-8-7-11-19(25)14-17)20-12-5-6-13-21(20)23(16)26-24(27)18-9-3-2-4-10-18/h2-14,16,22-23H,15H2,1H3,(H,26,27)/t16?,22-,23+/m1/s1. The molecule has 1 unspecified atom stereocenters. The van der Waals surface area contributed by atoms with Gasteiger partial charge in [0.25, 0.3) is 5.91 Å². The van der Waals surface area contributed by atoms with Crippen LogP contribution in [0.4, 0.5) is 4.39 Å². The Morgan fingerprint density at radius 3 is 2.37 bits per heavy atom. The largest absolute Gasteiger partial charge is 0.345 e. The first-order valence-corrected chi connectivity index (χ1v) is 9.32. The molecule has 136 valence electrons. The van der Waals surface area contributed by atoms with E-state index < -0.39 is 0 Å². The Morgan fingerprint density at radius 1 is 0.926 bits per heavy atom. The maximum absolute atomic E-state index is 13.6. The molecule has 0 saturated heterocycles. The molecular formula is C24H22FNO. The van der Waals surface area contributed by atoms with Gasteiger partial charge in [-0.3, -0.25) is 4.79 Å². The predicted octanol–water partition coefficient (Wildman–Crippen LogP) is 5.27. The minimum atomic E-state index is -0.208. The van der Waals surface area contributed by atoms with E-state index in [0.29, 0.717) is 5.56 Å². The highest BCUT2D eigenvalue weighted by Crippen LogP contribution is 2.46. The number of nitrogens with one attached hydrogen (secondary N) is 1. The molecule has 0 aliphatic heterocycles. The molecule has 3 aromatic rings. The van der Waals surface area contributed by atoms with Gasteiger partial charge in [-0.15, -0.1) is 0 Å². The smallest absolute Gasteiger partial charge is 0.251 e. The molecule has 0 radical (unpaired) electrons. The highest BCUT2D eigenvalue weighted by molar-refractivity contribution is 5.94. The highest BCUT2D eigenvalue weighted by Gasteiger charge is 2.38. The first kappa shape index (κ1) is 17.5. The van der Waals surface area contributed by atoms with Crippen LogP contribution in [0.3, 0.4) is 0 Å².